The van der Waals surface area contributed by atoms with Gasteiger partial charge in [-0.3, -0.25) is 0 Å². The van der Waals surface area contributed by atoms with Gasteiger partial charge in [-0.1, -0.05) is 17.7 Å². The standard InChI is InChI=1S/C12H15NO4S/c1-10-2-4-11(5-3-10)18(14,15)13-8-12(9-13)16-6-7-17-12/h2-5H,6-9H2,1H3. The summed E-state index contributed by atoms with van der Waals surface area (Å²) in [5, 5.41) is 0. The number of hydrogen-bond acceptors (Lipinski definition) is 4. The van der Waals surface area contributed by atoms with E-state index in [0.29, 0.717) is 18.1 Å². The van der Waals surface area contributed by atoms with Crippen LogP contribution in [0.4, 0.5) is 0 Å². The molecule has 0 unspecified atom stereocenters. The topological polar surface area (TPSA) is 55.8 Å². The monoisotopic (exact) mass is 269 g/mol. The van der Waals surface area contributed by atoms with Crippen molar-refractivity contribution in [2.24, 2.45) is 0 Å². The second-order valence-corrected chi connectivity index (χ2v) is 6.63. The van der Waals surface area contributed by atoms with Crippen LogP contribution in [-0.2, 0) is 19.5 Å². The third-order valence-corrected chi connectivity index (χ3v) is 5.11. The Labute approximate surface area is 106 Å². The molecule has 5 nitrogen and oxygen atoms in total. The van der Waals surface area contributed by atoms with Gasteiger partial charge < -0.3 is 9.47 Å². The first kappa shape index (κ1) is 12.1. The molecule has 2 aliphatic heterocycles. The molecule has 98 valence electrons. The van der Waals surface area contributed by atoms with Crippen LogP contribution in [0.5, 0.6) is 0 Å². The average Bonchev–Trinajstić information content (AvgIpc) is 2.76. The van der Waals surface area contributed by atoms with Crippen LogP contribution in [0.1, 0.15) is 5.56 Å². The largest absolute Gasteiger partial charge is 0.345 e. The van der Waals surface area contributed by atoms with Crippen molar-refractivity contribution in [3.63, 3.8) is 0 Å². The van der Waals surface area contributed by atoms with Gasteiger partial charge in [0.15, 0.2) is 5.79 Å². The van der Waals surface area contributed by atoms with Crippen molar-refractivity contribution < 1.29 is 17.9 Å². The zero-order chi connectivity index (χ0) is 12.8. The van der Waals surface area contributed by atoms with Crippen LogP contribution >= 0.6 is 0 Å². The smallest absolute Gasteiger partial charge is 0.243 e. The van der Waals surface area contributed by atoms with E-state index in [2.05, 4.69) is 0 Å². The van der Waals surface area contributed by atoms with Crippen LogP contribution in [0.25, 0.3) is 0 Å². The highest BCUT2D eigenvalue weighted by atomic mass is 32.2. The van der Waals surface area contributed by atoms with Crippen molar-refractivity contribution in [3.05, 3.63) is 29.8 Å². The summed E-state index contributed by atoms with van der Waals surface area (Å²) >= 11 is 0. The van der Waals surface area contributed by atoms with Gasteiger partial charge in [0.25, 0.3) is 0 Å². The van der Waals surface area contributed by atoms with Gasteiger partial charge >= 0.3 is 0 Å². The van der Waals surface area contributed by atoms with Crippen molar-refractivity contribution in [1.82, 2.24) is 4.31 Å². The van der Waals surface area contributed by atoms with Crippen LogP contribution in [-0.4, -0.2) is 44.8 Å². The van der Waals surface area contributed by atoms with Crippen molar-refractivity contribution in [3.8, 4) is 0 Å². The summed E-state index contributed by atoms with van der Waals surface area (Å²) in [7, 11) is -3.41. The fourth-order valence-electron chi connectivity index (χ4n) is 2.20. The molecule has 2 heterocycles. The fourth-order valence-corrected chi connectivity index (χ4v) is 3.71. The highest BCUT2D eigenvalue weighted by molar-refractivity contribution is 7.89. The molecule has 3 rings (SSSR count). The molecular weight excluding hydrogens is 254 g/mol. The number of aryl methyl sites for hydroxylation is 1. The number of ether oxygens (including phenoxy) is 2. The van der Waals surface area contributed by atoms with E-state index in [1.54, 1.807) is 24.3 Å². The Bertz CT molecular complexity index is 538. The van der Waals surface area contributed by atoms with E-state index in [0.717, 1.165) is 5.56 Å². The van der Waals surface area contributed by atoms with Gasteiger partial charge in [0, 0.05) is 0 Å². The van der Waals surface area contributed by atoms with Crippen LogP contribution in [0.3, 0.4) is 0 Å². The summed E-state index contributed by atoms with van der Waals surface area (Å²) in [4.78, 5) is 0.320. The lowest BCUT2D eigenvalue weighted by atomic mass is 10.2. The second-order valence-electron chi connectivity index (χ2n) is 4.69. The van der Waals surface area contributed by atoms with Crippen LogP contribution < -0.4 is 0 Å². The van der Waals surface area contributed by atoms with E-state index in [1.165, 1.54) is 4.31 Å². The van der Waals surface area contributed by atoms with E-state index in [-0.39, 0.29) is 13.1 Å². The average molecular weight is 269 g/mol. The van der Waals surface area contributed by atoms with Gasteiger partial charge in [0.1, 0.15) is 0 Å². The van der Waals surface area contributed by atoms with Crippen molar-refractivity contribution in [1.29, 1.82) is 0 Å². The summed E-state index contributed by atoms with van der Waals surface area (Å²) < 4.78 is 36.8. The van der Waals surface area contributed by atoms with Gasteiger partial charge in [0.2, 0.25) is 10.0 Å². The Morgan fingerprint density at radius 1 is 1.11 bits per heavy atom. The maximum absolute atomic E-state index is 12.3. The molecule has 0 amide bonds. The van der Waals surface area contributed by atoms with E-state index < -0.39 is 15.8 Å². The minimum atomic E-state index is -3.41. The highest BCUT2D eigenvalue weighted by Crippen LogP contribution is 2.34. The van der Waals surface area contributed by atoms with Gasteiger partial charge in [-0.15, -0.1) is 0 Å². The van der Waals surface area contributed by atoms with Crippen LogP contribution in [0, 0.1) is 6.92 Å². The van der Waals surface area contributed by atoms with Gasteiger partial charge in [0.05, 0.1) is 31.2 Å². The molecule has 0 radical (unpaired) electrons. The third kappa shape index (κ3) is 1.85. The Morgan fingerprint density at radius 2 is 1.67 bits per heavy atom. The molecule has 1 aromatic carbocycles. The minimum absolute atomic E-state index is 0.281. The maximum atomic E-state index is 12.3. The Morgan fingerprint density at radius 3 is 2.22 bits per heavy atom. The summed E-state index contributed by atoms with van der Waals surface area (Å²) in [5.41, 5.74) is 1.04. The summed E-state index contributed by atoms with van der Waals surface area (Å²) in [6.45, 7) is 3.57. The third-order valence-electron chi connectivity index (χ3n) is 3.31. The normalized spacial score (nSPS) is 23.2. The quantitative estimate of drug-likeness (QED) is 0.794. The van der Waals surface area contributed by atoms with Gasteiger partial charge in [-0.25, -0.2) is 8.42 Å². The van der Waals surface area contributed by atoms with Gasteiger partial charge in [-0.2, -0.15) is 4.31 Å². The predicted molar refractivity (Wildman–Crippen MR) is 64.6 cm³/mol. The van der Waals surface area contributed by atoms with E-state index >= 15 is 0 Å². The lowest BCUT2D eigenvalue weighted by molar-refractivity contribution is -0.216. The van der Waals surface area contributed by atoms with Crippen LogP contribution in [0.2, 0.25) is 0 Å². The molecule has 1 spiro atoms. The molecule has 6 heteroatoms. The number of hydrogen-bond donors (Lipinski definition) is 0. The summed E-state index contributed by atoms with van der Waals surface area (Å²) in [6, 6.07) is 6.86. The number of sulfonamides is 1. The van der Waals surface area contributed by atoms with Crippen LogP contribution in [0.15, 0.2) is 29.2 Å². The molecule has 0 aliphatic carbocycles. The predicted octanol–water partition coefficient (Wildman–Crippen LogP) is 0.742. The first-order valence-electron chi connectivity index (χ1n) is 5.87. The molecule has 18 heavy (non-hydrogen) atoms. The number of rotatable bonds is 2. The maximum Gasteiger partial charge on any atom is 0.243 e. The molecular formula is C12H15NO4S. The van der Waals surface area contributed by atoms with Crippen molar-refractivity contribution in [2.75, 3.05) is 26.3 Å². The first-order valence-corrected chi connectivity index (χ1v) is 7.31. The highest BCUT2D eigenvalue weighted by Gasteiger charge is 2.52. The molecule has 2 saturated heterocycles. The molecule has 0 saturated carbocycles. The van der Waals surface area contributed by atoms with E-state index in [9.17, 15) is 8.42 Å². The molecule has 1 aromatic rings. The molecule has 0 aromatic heterocycles. The van der Waals surface area contributed by atoms with E-state index in [4.69, 9.17) is 9.47 Å². The second kappa shape index (κ2) is 4.03. The minimum Gasteiger partial charge on any atom is -0.345 e. The summed E-state index contributed by atoms with van der Waals surface area (Å²) in [6.07, 6.45) is 0. The van der Waals surface area contributed by atoms with Crippen molar-refractivity contribution >= 4 is 10.0 Å². The number of benzene rings is 1. The SMILES string of the molecule is Cc1ccc(S(=O)(=O)N2CC3(C2)OCCO3)cc1. The zero-order valence-electron chi connectivity index (χ0n) is 10.1. The molecule has 0 N–H and O–H groups in total. The fraction of sp³-hybridized carbons (Fsp3) is 0.500. The van der Waals surface area contributed by atoms with Crippen molar-refractivity contribution in [2.45, 2.75) is 17.6 Å². The molecule has 2 aliphatic rings. The van der Waals surface area contributed by atoms with E-state index in [1.807, 2.05) is 6.92 Å². The molecule has 2 fully saturated rings. The Kier molecular flexibility index (Phi) is 2.71. The lowest BCUT2D eigenvalue weighted by Crippen LogP contribution is -2.63. The number of nitrogens with zero attached hydrogens (tertiary/aromatic N) is 1. The summed E-state index contributed by atoms with van der Waals surface area (Å²) in [5.74, 6) is -0.683. The Hall–Kier alpha value is -0.950. The Balaban J connectivity index is 1.78. The zero-order valence-corrected chi connectivity index (χ0v) is 10.9. The first-order chi connectivity index (χ1) is 8.52. The molecule has 0 bridgehead atoms. The van der Waals surface area contributed by atoms with Gasteiger partial charge in [-0.05, 0) is 19.1 Å². The molecule has 0 atom stereocenters. The lowest BCUT2D eigenvalue weighted by Gasteiger charge is -2.44.